The van der Waals surface area contributed by atoms with Crippen LogP contribution in [0.25, 0.3) is 0 Å². The molecule has 1 aromatic heterocycles. The van der Waals surface area contributed by atoms with Crippen LogP contribution in [0.4, 0.5) is 13.2 Å². The van der Waals surface area contributed by atoms with Gasteiger partial charge in [-0.1, -0.05) is 18.2 Å². The molecule has 0 amide bonds. The normalized spacial score (nSPS) is 13.0. The summed E-state index contributed by atoms with van der Waals surface area (Å²) in [7, 11) is 0. The minimum absolute atomic E-state index is 0.274. The molecule has 2 rings (SSSR count). The highest BCUT2D eigenvalue weighted by molar-refractivity contribution is 5.34. The summed E-state index contributed by atoms with van der Waals surface area (Å²) in [5, 5.41) is 0. The van der Waals surface area contributed by atoms with Crippen LogP contribution < -0.4 is 16.0 Å². The molecule has 2 aromatic rings. The van der Waals surface area contributed by atoms with Crippen molar-refractivity contribution in [1.29, 1.82) is 0 Å². The summed E-state index contributed by atoms with van der Waals surface area (Å²) in [4.78, 5) is 4.17. The molecule has 0 spiro atoms. The van der Waals surface area contributed by atoms with Gasteiger partial charge in [-0.05, 0) is 36.2 Å². The predicted molar refractivity (Wildman–Crippen MR) is 71.3 cm³/mol. The van der Waals surface area contributed by atoms with Crippen LogP contribution in [0.5, 0.6) is 5.75 Å². The molecule has 0 aliphatic heterocycles. The Balaban J connectivity index is 2.21. The quantitative estimate of drug-likeness (QED) is 0.673. The van der Waals surface area contributed by atoms with Gasteiger partial charge in [0.05, 0.1) is 6.04 Å². The van der Waals surface area contributed by atoms with Gasteiger partial charge in [-0.3, -0.25) is 10.8 Å². The van der Waals surface area contributed by atoms with Gasteiger partial charge in [0.15, 0.2) is 0 Å². The second kappa shape index (κ2) is 6.11. The van der Waals surface area contributed by atoms with Crippen molar-refractivity contribution < 1.29 is 17.9 Å². The number of aromatic nitrogens is 1. The monoisotopic (exact) mass is 297 g/mol. The molecule has 0 radical (unpaired) electrons. The number of nitrogens with two attached hydrogens (primary N) is 1. The van der Waals surface area contributed by atoms with E-state index in [4.69, 9.17) is 5.84 Å². The van der Waals surface area contributed by atoms with Crippen molar-refractivity contribution in [3.05, 3.63) is 59.4 Å². The van der Waals surface area contributed by atoms with Crippen LogP contribution >= 0.6 is 0 Å². The van der Waals surface area contributed by atoms with Crippen molar-refractivity contribution in [2.45, 2.75) is 19.3 Å². The van der Waals surface area contributed by atoms with E-state index >= 15 is 0 Å². The Bertz CT molecular complexity index is 582. The number of aryl methyl sites for hydroxylation is 1. The topological polar surface area (TPSA) is 60.2 Å². The van der Waals surface area contributed by atoms with E-state index in [-0.39, 0.29) is 11.8 Å². The Morgan fingerprint density at radius 3 is 2.19 bits per heavy atom. The van der Waals surface area contributed by atoms with Gasteiger partial charge in [0.1, 0.15) is 5.75 Å². The van der Waals surface area contributed by atoms with Crippen molar-refractivity contribution in [1.82, 2.24) is 10.4 Å². The second-order valence-electron chi connectivity index (χ2n) is 4.45. The average Bonchev–Trinajstić information content (AvgIpc) is 2.42. The fourth-order valence-electron chi connectivity index (χ4n) is 1.90. The first-order valence-corrected chi connectivity index (χ1v) is 6.13. The first-order chi connectivity index (χ1) is 9.89. The van der Waals surface area contributed by atoms with Crippen LogP contribution in [-0.2, 0) is 0 Å². The number of benzene rings is 1. The van der Waals surface area contributed by atoms with Crippen LogP contribution in [0, 0.1) is 6.92 Å². The van der Waals surface area contributed by atoms with E-state index in [9.17, 15) is 13.2 Å². The Kier molecular flexibility index (Phi) is 4.44. The second-order valence-corrected chi connectivity index (χ2v) is 4.45. The molecule has 7 heteroatoms. The third-order valence-electron chi connectivity index (χ3n) is 2.88. The van der Waals surface area contributed by atoms with Gasteiger partial charge in [-0.2, -0.15) is 0 Å². The summed E-state index contributed by atoms with van der Waals surface area (Å²) in [6, 6.07) is 8.85. The molecule has 0 aliphatic carbocycles. The molecular weight excluding hydrogens is 283 g/mol. The van der Waals surface area contributed by atoms with Crippen LogP contribution in [0.2, 0.25) is 0 Å². The Morgan fingerprint density at radius 2 is 1.71 bits per heavy atom. The number of halogens is 3. The zero-order valence-electron chi connectivity index (χ0n) is 11.2. The molecular formula is C14H14F3N3O. The molecule has 0 saturated heterocycles. The molecule has 0 bridgehead atoms. The molecule has 112 valence electrons. The lowest BCUT2D eigenvalue weighted by Crippen LogP contribution is -2.29. The SMILES string of the molecule is Cc1ccc(C(NN)c2ccc(OC(F)(F)F)cc2)cn1. The smallest absolute Gasteiger partial charge is 0.406 e. The number of hydrazine groups is 1. The van der Waals surface area contributed by atoms with Crippen molar-refractivity contribution >= 4 is 0 Å². The molecule has 0 saturated carbocycles. The van der Waals surface area contributed by atoms with Crippen LogP contribution in [0.15, 0.2) is 42.6 Å². The molecule has 0 aliphatic rings. The lowest BCUT2D eigenvalue weighted by molar-refractivity contribution is -0.274. The maximum Gasteiger partial charge on any atom is 0.573 e. The van der Waals surface area contributed by atoms with Crippen molar-refractivity contribution in [3.63, 3.8) is 0 Å². The summed E-state index contributed by atoms with van der Waals surface area (Å²) in [6.07, 6.45) is -3.03. The van der Waals surface area contributed by atoms with Crippen LogP contribution in [0.1, 0.15) is 22.9 Å². The van der Waals surface area contributed by atoms with E-state index in [1.165, 1.54) is 24.3 Å². The number of hydrogen-bond donors (Lipinski definition) is 2. The average molecular weight is 297 g/mol. The van der Waals surface area contributed by atoms with Crippen molar-refractivity contribution in [2.75, 3.05) is 0 Å². The molecule has 1 atom stereocenters. The predicted octanol–water partition coefficient (Wildman–Crippen LogP) is 2.84. The summed E-state index contributed by atoms with van der Waals surface area (Å²) < 4.78 is 40.1. The van der Waals surface area contributed by atoms with E-state index in [1.807, 2.05) is 19.1 Å². The molecule has 3 N–H and O–H groups in total. The van der Waals surface area contributed by atoms with Crippen molar-refractivity contribution in [3.8, 4) is 5.75 Å². The van der Waals surface area contributed by atoms with Gasteiger partial charge in [-0.15, -0.1) is 13.2 Å². The Hall–Kier alpha value is -2.12. The summed E-state index contributed by atoms with van der Waals surface area (Å²) in [5.41, 5.74) is 5.00. The number of pyridine rings is 1. The fraction of sp³-hybridized carbons (Fsp3) is 0.214. The summed E-state index contributed by atoms with van der Waals surface area (Å²) >= 11 is 0. The van der Waals surface area contributed by atoms with Gasteiger partial charge in [-0.25, -0.2) is 5.43 Å². The number of alkyl halides is 3. The summed E-state index contributed by atoms with van der Waals surface area (Å²) in [5.74, 6) is 5.25. The largest absolute Gasteiger partial charge is 0.573 e. The standard InChI is InChI=1S/C14H14F3N3O/c1-9-2-3-11(8-19-9)13(20-18)10-4-6-12(7-5-10)21-14(15,16)17/h2-8,13,20H,18H2,1H3. The zero-order valence-corrected chi connectivity index (χ0v) is 11.2. The first-order valence-electron chi connectivity index (χ1n) is 6.13. The van der Waals surface area contributed by atoms with E-state index in [1.54, 1.807) is 6.20 Å². The minimum atomic E-state index is -4.70. The van der Waals surface area contributed by atoms with Gasteiger partial charge in [0, 0.05) is 11.9 Å². The maximum atomic E-state index is 12.1. The highest BCUT2D eigenvalue weighted by atomic mass is 19.4. The minimum Gasteiger partial charge on any atom is -0.406 e. The number of rotatable bonds is 4. The number of ether oxygens (including phenoxy) is 1. The fourth-order valence-corrected chi connectivity index (χ4v) is 1.90. The molecule has 1 aromatic carbocycles. The zero-order chi connectivity index (χ0) is 15.5. The van der Waals surface area contributed by atoms with Crippen LogP contribution in [-0.4, -0.2) is 11.3 Å². The number of nitrogens with one attached hydrogen (secondary N) is 1. The summed E-state index contributed by atoms with van der Waals surface area (Å²) in [6.45, 7) is 1.86. The third-order valence-corrected chi connectivity index (χ3v) is 2.88. The van der Waals surface area contributed by atoms with Gasteiger partial charge >= 0.3 is 6.36 Å². The maximum absolute atomic E-state index is 12.1. The highest BCUT2D eigenvalue weighted by Crippen LogP contribution is 2.26. The van der Waals surface area contributed by atoms with Gasteiger partial charge in [0.25, 0.3) is 0 Å². The Morgan fingerprint density at radius 1 is 1.10 bits per heavy atom. The molecule has 0 fully saturated rings. The molecule has 1 unspecified atom stereocenters. The van der Waals surface area contributed by atoms with E-state index in [2.05, 4.69) is 15.1 Å². The van der Waals surface area contributed by atoms with E-state index < -0.39 is 6.36 Å². The van der Waals surface area contributed by atoms with E-state index in [0.29, 0.717) is 5.56 Å². The molecule has 21 heavy (non-hydrogen) atoms. The number of hydrogen-bond acceptors (Lipinski definition) is 4. The highest BCUT2D eigenvalue weighted by Gasteiger charge is 2.31. The third kappa shape index (κ3) is 4.17. The first kappa shape index (κ1) is 15.3. The van der Waals surface area contributed by atoms with E-state index in [0.717, 1.165) is 11.3 Å². The Labute approximate surface area is 119 Å². The molecule has 1 heterocycles. The lowest BCUT2D eigenvalue weighted by Gasteiger charge is -2.17. The molecule has 4 nitrogen and oxygen atoms in total. The number of nitrogens with zero attached hydrogens (tertiary/aromatic N) is 1. The van der Waals surface area contributed by atoms with Crippen molar-refractivity contribution in [2.24, 2.45) is 5.84 Å². The lowest BCUT2D eigenvalue weighted by atomic mass is 10.0. The van der Waals surface area contributed by atoms with Gasteiger partial charge < -0.3 is 4.74 Å². The van der Waals surface area contributed by atoms with Gasteiger partial charge in [0.2, 0.25) is 0 Å². The van der Waals surface area contributed by atoms with Crippen LogP contribution in [0.3, 0.4) is 0 Å².